The van der Waals surface area contributed by atoms with Crippen molar-refractivity contribution in [3.8, 4) is 11.5 Å². The highest BCUT2D eigenvalue weighted by Crippen LogP contribution is 2.25. The molecule has 3 aromatic rings. The predicted octanol–water partition coefficient (Wildman–Crippen LogP) is 5.20. The number of hydrazone groups is 1. The minimum atomic E-state index is -0.422. The molecule has 0 saturated carbocycles. The normalized spacial score (nSPS) is 11.2. The Bertz CT molecular complexity index is 1120. The van der Waals surface area contributed by atoms with E-state index < -0.39 is 5.91 Å². The number of amides is 1. The minimum Gasteiger partial charge on any atom is -0.507 e. The smallest absolute Gasteiger partial charge is 0.275 e. The number of hydrogen-bond acceptors (Lipinski definition) is 6. The van der Waals surface area contributed by atoms with Crippen molar-refractivity contribution in [3.05, 3.63) is 82.9 Å². The minimum absolute atomic E-state index is 0.00965. The van der Waals surface area contributed by atoms with Crippen molar-refractivity contribution < 1.29 is 14.6 Å². The molecule has 7 heteroatoms. The standard InChI is InChI=1S/C23H22N4O3/c1-15-8-9-18(12-16(15)2)25-26-19-10-11-21(28)17(13-19)14-24-27-23(29)20-6-4-5-7-22(20)30-3/h4-14,28H,1-3H3,(H,27,29)/b24-14+,26-25?. The molecule has 0 aliphatic carbocycles. The highest BCUT2D eigenvalue weighted by molar-refractivity contribution is 5.97. The van der Waals surface area contributed by atoms with E-state index in [9.17, 15) is 9.90 Å². The summed E-state index contributed by atoms with van der Waals surface area (Å²) in [7, 11) is 1.49. The summed E-state index contributed by atoms with van der Waals surface area (Å²) in [5, 5.41) is 22.4. The van der Waals surface area contributed by atoms with E-state index in [1.165, 1.54) is 25.0 Å². The third-order valence-electron chi connectivity index (χ3n) is 4.50. The van der Waals surface area contributed by atoms with Crippen LogP contribution in [0, 0.1) is 13.8 Å². The molecule has 3 aromatic carbocycles. The number of ether oxygens (including phenoxy) is 1. The molecule has 0 heterocycles. The van der Waals surface area contributed by atoms with E-state index >= 15 is 0 Å². The van der Waals surface area contributed by atoms with Gasteiger partial charge in [0.2, 0.25) is 0 Å². The van der Waals surface area contributed by atoms with Crippen LogP contribution in [0.25, 0.3) is 0 Å². The van der Waals surface area contributed by atoms with Crippen molar-refractivity contribution in [2.75, 3.05) is 7.11 Å². The van der Waals surface area contributed by atoms with Gasteiger partial charge in [-0.2, -0.15) is 15.3 Å². The zero-order valence-electron chi connectivity index (χ0n) is 17.0. The van der Waals surface area contributed by atoms with Gasteiger partial charge in [0.1, 0.15) is 11.5 Å². The molecule has 0 aromatic heterocycles. The number of para-hydroxylation sites is 1. The molecule has 152 valence electrons. The Morgan fingerprint density at radius 2 is 1.67 bits per heavy atom. The first-order valence-electron chi connectivity index (χ1n) is 9.26. The molecule has 0 fully saturated rings. The van der Waals surface area contributed by atoms with Crippen LogP contribution in [-0.2, 0) is 0 Å². The number of rotatable bonds is 6. The van der Waals surface area contributed by atoms with Crippen LogP contribution in [0.2, 0.25) is 0 Å². The number of aromatic hydroxyl groups is 1. The second-order valence-electron chi connectivity index (χ2n) is 6.61. The van der Waals surface area contributed by atoms with E-state index in [1.807, 2.05) is 32.0 Å². The van der Waals surface area contributed by atoms with Gasteiger partial charge in [0.05, 0.1) is 30.3 Å². The van der Waals surface area contributed by atoms with Crippen molar-refractivity contribution in [1.82, 2.24) is 5.43 Å². The fourth-order valence-electron chi connectivity index (χ4n) is 2.66. The van der Waals surface area contributed by atoms with Crippen LogP contribution in [0.3, 0.4) is 0 Å². The first-order chi connectivity index (χ1) is 14.5. The van der Waals surface area contributed by atoms with Gasteiger partial charge in [-0.25, -0.2) is 5.43 Å². The molecule has 0 unspecified atom stereocenters. The van der Waals surface area contributed by atoms with E-state index in [2.05, 4.69) is 20.8 Å². The molecule has 1 amide bonds. The van der Waals surface area contributed by atoms with Crippen molar-refractivity contribution in [2.45, 2.75) is 13.8 Å². The monoisotopic (exact) mass is 402 g/mol. The Hall–Kier alpha value is -4.00. The van der Waals surface area contributed by atoms with Crippen molar-refractivity contribution >= 4 is 23.5 Å². The average Bonchev–Trinajstić information content (AvgIpc) is 2.76. The summed E-state index contributed by atoms with van der Waals surface area (Å²) >= 11 is 0. The molecule has 7 nitrogen and oxygen atoms in total. The van der Waals surface area contributed by atoms with Gasteiger partial charge in [0.15, 0.2) is 0 Å². The third-order valence-corrected chi connectivity index (χ3v) is 4.50. The van der Waals surface area contributed by atoms with Gasteiger partial charge in [-0.05, 0) is 67.4 Å². The maximum Gasteiger partial charge on any atom is 0.275 e. The van der Waals surface area contributed by atoms with Crippen LogP contribution in [0.1, 0.15) is 27.0 Å². The van der Waals surface area contributed by atoms with Crippen molar-refractivity contribution in [3.63, 3.8) is 0 Å². The molecule has 0 spiro atoms. The summed E-state index contributed by atoms with van der Waals surface area (Å²) < 4.78 is 5.17. The van der Waals surface area contributed by atoms with Crippen molar-refractivity contribution in [1.29, 1.82) is 0 Å². The number of nitrogens with zero attached hydrogens (tertiary/aromatic N) is 3. The summed E-state index contributed by atoms with van der Waals surface area (Å²) in [6.45, 7) is 4.05. The summed E-state index contributed by atoms with van der Waals surface area (Å²) in [6, 6.07) is 17.4. The lowest BCUT2D eigenvalue weighted by atomic mass is 10.1. The van der Waals surface area contributed by atoms with E-state index in [0.717, 1.165) is 11.3 Å². The van der Waals surface area contributed by atoms with Crippen molar-refractivity contribution in [2.24, 2.45) is 15.3 Å². The molecular formula is C23H22N4O3. The van der Waals surface area contributed by atoms with Crippen LogP contribution >= 0.6 is 0 Å². The predicted molar refractivity (Wildman–Crippen MR) is 116 cm³/mol. The van der Waals surface area contributed by atoms with Crippen LogP contribution in [0.5, 0.6) is 11.5 Å². The van der Waals surface area contributed by atoms with Crippen LogP contribution < -0.4 is 10.2 Å². The molecule has 0 aliphatic heterocycles. The zero-order valence-corrected chi connectivity index (χ0v) is 17.0. The molecule has 0 saturated heterocycles. The first kappa shape index (κ1) is 20.7. The van der Waals surface area contributed by atoms with E-state index in [4.69, 9.17) is 4.74 Å². The van der Waals surface area contributed by atoms with E-state index in [1.54, 1.807) is 36.4 Å². The largest absolute Gasteiger partial charge is 0.507 e. The molecule has 0 radical (unpaired) electrons. The fraction of sp³-hybridized carbons (Fsp3) is 0.130. The van der Waals surface area contributed by atoms with E-state index in [0.29, 0.717) is 22.6 Å². The number of carbonyl (C=O) groups is 1. The summed E-state index contributed by atoms with van der Waals surface area (Å²) in [6.07, 6.45) is 1.34. The highest BCUT2D eigenvalue weighted by Gasteiger charge is 2.10. The highest BCUT2D eigenvalue weighted by atomic mass is 16.5. The first-order valence-corrected chi connectivity index (χ1v) is 9.26. The number of nitrogens with one attached hydrogen (secondary N) is 1. The number of phenolic OH excluding ortho intramolecular Hbond substituents is 1. The molecular weight excluding hydrogens is 380 g/mol. The number of azo groups is 1. The molecule has 0 bridgehead atoms. The van der Waals surface area contributed by atoms with Gasteiger partial charge < -0.3 is 9.84 Å². The van der Waals surface area contributed by atoms with Crippen LogP contribution in [0.15, 0.2) is 76.0 Å². The molecule has 2 N–H and O–H groups in total. The average molecular weight is 402 g/mol. The maximum atomic E-state index is 12.3. The number of carbonyl (C=O) groups excluding carboxylic acids is 1. The topological polar surface area (TPSA) is 95.6 Å². The molecule has 3 rings (SSSR count). The second-order valence-corrected chi connectivity index (χ2v) is 6.61. The Balaban J connectivity index is 1.72. The fourth-order valence-corrected chi connectivity index (χ4v) is 2.66. The lowest BCUT2D eigenvalue weighted by Gasteiger charge is -2.06. The maximum absolute atomic E-state index is 12.3. The quantitative estimate of drug-likeness (QED) is 0.337. The second kappa shape index (κ2) is 9.47. The SMILES string of the molecule is COc1ccccc1C(=O)N/N=C/c1cc(N=Nc2ccc(C)c(C)c2)ccc1O. The number of methoxy groups -OCH3 is 1. The van der Waals surface area contributed by atoms with Crippen LogP contribution in [0.4, 0.5) is 11.4 Å². The van der Waals surface area contributed by atoms with Gasteiger partial charge in [0.25, 0.3) is 5.91 Å². The Labute approximate surface area is 174 Å². The Morgan fingerprint density at radius 3 is 2.40 bits per heavy atom. The van der Waals surface area contributed by atoms with Gasteiger partial charge in [0, 0.05) is 5.56 Å². The lowest BCUT2D eigenvalue weighted by molar-refractivity contribution is 0.0952. The number of benzene rings is 3. The summed E-state index contributed by atoms with van der Waals surface area (Å²) in [5.41, 5.74) is 6.79. The van der Waals surface area contributed by atoms with Gasteiger partial charge in [-0.15, -0.1) is 0 Å². The Kier molecular flexibility index (Phi) is 6.54. The Morgan fingerprint density at radius 1 is 0.967 bits per heavy atom. The van der Waals surface area contributed by atoms with Crippen LogP contribution in [-0.4, -0.2) is 24.3 Å². The molecule has 0 atom stereocenters. The summed E-state index contributed by atoms with van der Waals surface area (Å²) in [5.74, 6) is 0.0333. The van der Waals surface area contributed by atoms with Gasteiger partial charge in [-0.1, -0.05) is 18.2 Å². The van der Waals surface area contributed by atoms with E-state index in [-0.39, 0.29) is 5.75 Å². The summed E-state index contributed by atoms with van der Waals surface area (Å²) in [4.78, 5) is 12.3. The van der Waals surface area contributed by atoms with Gasteiger partial charge in [-0.3, -0.25) is 4.79 Å². The zero-order chi connectivity index (χ0) is 21.5. The number of aryl methyl sites for hydroxylation is 2. The van der Waals surface area contributed by atoms with Gasteiger partial charge >= 0.3 is 0 Å². The molecule has 30 heavy (non-hydrogen) atoms. The molecule has 0 aliphatic rings. The number of hydrogen-bond donors (Lipinski definition) is 2. The third kappa shape index (κ3) is 5.08. The lowest BCUT2D eigenvalue weighted by Crippen LogP contribution is -2.18. The number of phenols is 1.